The van der Waals surface area contributed by atoms with E-state index in [4.69, 9.17) is 26.4 Å². The smallest absolute Gasteiger partial charge is 0.253 e. The van der Waals surface area contributed by atoms with Crippen molar-refractivity contribution in [3.05, 3.63) is 69.5 Å². The van der Waals surface area contributed by atoms with Crippen molar-refractivity contribution in [1.82, 2.24) is 9.88 Å². The molecule has 0 saturated carbocycles. The number of hydrogen-bond acceptors (Lipinski definition) is 8. The van der Waals surface area contributed by atoms with Crippen LogP contribution in [0, 0.1) is 13.8 Å². The Balaban J connectivity index is 1.52. The molecule has 2 heterocycles. The van der Waals surface area contributed by atoms with Gasteiger partial charge in [0, 0.05) is 17.8 Å². The number of pyridine rings is 1. The maximum Gasteiger partial charge on any atom is 0.253 e. The zero-order valence-corrected chi connectivity index (χ0v) is 23.0. The van der Waals surface area contributed by atoms with Crippen LogP contribution in [0.3, 0.4) is 0 Å². The zero-order chi connectivity index (χ0) is 28.1. The van der Waals surface area contributed by atoms with Crippen LogP contribution in [0.5, 0.6) is 5.75 Å². The quantitative estimate of drug-likeness (QED) is 0.249. The summed E-state index contributed by atoms with van der Waals surface area (Å²) in [6.45, 7) is 6.80. The van der Waals surface area contributed by atoms with Gasteiger partial charge >= 0.3 is 0 Å². The molecule has 0 bridgehead atoms. The van der Waals surface area contributed by atoms with E-state index in [0.29, 0.717) is 17.3 Å². The summed E-state index contributed by atoms with van der Waals surface area (Å²) >= 11 is 5.71. The molecule has 2 aromatic carbocycles. The molecule has 11 heteroatoms. The first-order valence-electron chi connectivity index (χ1n) is 12.9. The lowest BCUT2D eigenvalue weighted by Gasteiger charge is -2.35. The van der Waals surface area contributed by atoms with E-state index < -0.39 is 24.6 Å². The summed E-state index contributed by atoms with van der Waals surface area (Å²) in [7, 11) is 0. The molecule has 1 aliphatic rings. The first kappa shape index (κ1) is 28.9. The monoisotopic (exact) mass is 557 g/mol. The van der Waals surface area contributed by atoms with Crippen molar-refractivity contribution in [2.75, 3.05) is 31.7 Å². The number of rotatable bonds is 9. The number of thiocarbonyl (C=S) groups is 1. The average molecular weight is 558 g/mol. The third-order valence-electron chi connectivity index (χ3n) is 6.53. The minimum atomic E-state index is -1.40. The van der Waals surface area contributed by atoms with Crippen molar-refractivity contribution >= 4 is 33.9 Å². The van der Waals surface area contributed by atoms with E-state index in [1.54, 1.807) is 4.90 Å². The number of aryl methyl sites for hydroxylation is 2. The highest BCUT2D eigenvalue weighted by molar-refractivity contribution is 7.80. The van der Waals surface area contributed by atoms with E-state index in [1.165, 1.54) is 0 Å². The van der Waals surface area contributed by atoms with E-state index >= 15 is 0 Å². The number of nitrogens with one attached hydrogen (secondary N) is 2. The van der Waals surface area contributed by atoms with Gasteiger partial charge in [-0.1, -0.05) is 11.6 Å². The molecule has 1 saturated heterocycles. The van der Waals surface area contributed by atoms with Gasteiger partial charge in [-0.2, -0.15) is 0 Å². The summed E-state index contributed by atoms with van der Waals surface area (Å²) in [5.74, 6) is 0.742. The van der Waals surface area contributed by atoms with E-state index in [0.717, 1.165) is 33.5 Å². The lowest BCUT2D eigenvalue weighted by molar-refractivity contribution is -0.269. The van der Waals surface area contributed by atoms with E-state index in [-0.39, 0.29) is 31.9 Å². The van der Waals surface area contributed by atoms with Crippen LogP contribution in [-0.2, 0) is 16.0 Å². The zero-order valence-electron chi connectivity index (χ0n) is 22.2. The second-order valence-electron chi connectivity index (χ2n) is 9.60. The Bertz CT molecular complexity index is 1350. The molecule has 1 aromatic heterocycles. The van der Waals surface area contributed by atoms with Crippen LogP contribution in [-0.4, -0.2) is 81.3 Å². The summed E-state index contributed by atoms with van der Waals surface area (Å²) in [4.78, 5) is 17.8. The molecule has 0 radical (unpaired) electrons. The number of benzene rings is 2. The van der Waals surface area contributed by atoms with Gasteiger partial charge in [0.25, 0.3) is 5.56 Å². The summed E-state index contributed by atoms with van der Waals surface area (Å²) in [5.41, 5.74) is 3.93. The summed E-state index contributed by atoms with van der Waals surface area (Å²) in [6, 6.07) is 13.3. The fourth-order valence-electron chi connectivity index (χ4n) is 4.52. The summed E-state index contributed by atoms with van der Waals surface area (Å²) in [6.07, 6.45) is -5.06. The van der Waals surface area contributed by atoms with Crippen molar-refractivity contribution in [2.45, 2.75) is 51.9 Å². The Labute approximate surface area is 232 Å². The number of aliphatic hydroxyl groups excluding tert-OH is 3. The lowest BCUT2D eigenvalue weighted by Crippen LogP contribution is -2.54. The van der Waals surface area contributed by atoms with Crippen LogP contribution < -0.4 is 15.6 Å². The standard InChI is InChI=1S/C28H35N3O7S/c1-4-36-21-7-5-20(6-8-21)29-28(39)31(9-10-37-27-25(34)24(33)22(32)15-38-27)14-19-13-18-12-16(2)11-17(3)23(18)30-26(19)35/h5-8,11-13,22,24-25,27,32-34H,4,9-10,14-15H2,1-3H3,(H,29,39)(H,30,35). The van der Waals surface area contributed by atoms with Crippen LogP contribution in [0.4, 0.5) is 5.69 Å². The van der Waals surface area contributed by atoms with Gasteiger partial charge in [0.2, 0.25) is 0 Å². The number of H-pyrrole nitrogens is 1. The number of ether oxygens (including phenoxy) is 3. The Hall–Kier alpha value is -3.06. The van der Waals surface area contributed by atoms with Crippen molar-refractivity contribution in [1.29, 1.82) is 0 Å². The molecular formula is C28H35N3O7S. The minimum Gasteiger partial charge on any atom is -0.494 e. The second kappa shape index (κ2) is 12.9. The molecule has 10 nitrogen and oxygen atoms in total. The Kier molecular flexibility index (Phi) is 9.54. The van der Waals surface area contributed by atoms with E-state index in [9.17, 15) is 20.1 Å². The van der Waals surface area contributed by atoms with Crippen molar-refractivity contribution < 1.29 is 29.5 Å². The Morgan fingerprint density at radius 1 is 1.15 bits per heavy atom. The molecule has 1 fully saturated rings. The first-order valence-corrected chi connectivity index (χ1v) is 13.3. The van der Waals surface area contributed by atoms with Crippen LogP contribution >= 0.6 is 12.2 Å². The van der Waals surface area contributed by atoms with Crippen molar-refractivity contribution in [2.24, 2.45) is 0 Å². The number of aliphatic hydroxyl groups is 3. The molecule has 5 N–H and O–H groups in total. The van der Waals surface area contributed by atoms with Gasteiger partial charge in [-0.15, -0.1) is 0 Å². The average Bonchev–Trinajstić information content (AvgIpc) is 2.90. The van der Waals surface area contributed by atoms with Crippen LogP contribution in [0.25, 0.3) is 10.9 Å². The molecule has 0 amide bonds. The topological polar surface area (TPSA) is 137 Å². The number of anilines is 1. The van der Waals surface area contributed by atoms with Gasteiger partial charge in [-0.05, 0) is 80.3 Å². The maximum absolute atomic E-state index is 13.0. The third-order valence-corrected chi connectivity index (χ3v) is 6.89. The SMILES string of the molecule is CCOc1ccc(NC(=S)N(CCOC2OCC(O)C(O)C2O)Cc2cc3cc(C)cc(C)c3[nH]c2=O)cc1. The Morgan fingerprint density at radius 2 is 1.90 bits per heavy atom. The largest absolute Gasteiger partial charge is 0.494 e. The highest BCUT2D eigenvalue weighted by Gasteiger charge is 2.38. The fraction of sp³-hybridized carbons (Fsp3) is 0.429. The Morgan fingerprint density at radius 3 is 2.62 bits per heavy atom. The molecule has 4 rings (SSSR count). The van der Waals surface area contributed by atoms with Crippen LogP contribution in [0.2, 0.25) is 0 Å². The van der Waals surface area contributed by atoms with Gasteiger partial charge in [0.1, 0.15) is 24.1 Å². The highest BCUT2D eigenvalue weighted by atomic mass is 32.1. The van der Waals surface area contributed by atoms with Gasteiger partial charge in [-0.3, -0.25) is 4.79 Å². The number of fused-ring (bicyclic) bond motifs is 1. The molecule has 39 heavy (non-hydrogen) atoms. The summed E-state index contributed by atoms with van der Waals surface area (Å²) in [5, 5.41) is 34.3. The predicted molar refractivity (Wildman–Crippen MR) is 152 cm³/mol. The predicted octanol–water partition coefficient (Wildman–Crippen LogP) is 2.20. The molecule has 4 atom stereocenters. The van der Waals surface area contributed by atoms with E-state index in [1.807, 2.05) is 63.2 Å². The number of aromatic amines is 1. The number of aromatic nitrogens is 1. The lowest BCUT2D eigenvalue weighted by atomic mass is 10.1. The molecule has 1 aliphatic heterocycles. The van der Waals surface area contributed by atoms with Crippen LogP contribution in [0.15, 0.2) is 47.3 Å². The van der Waals surface area contributed by atoms with Gasteiger partial charge < -0.3 is 44.7 Å². The van der Waals surface area contributed by atoms with Gasteiger partial charge in [-0.25, -0.2) is 0 Å². The molecule has 3 aromatic rings. The number of nitrogens with zero attached hydrogens (tertiary/aromatic N) is 1. The van der Waals surface area contributed by atoms with E-state index in [2.05, 4.69) is 10.3 Å². The normalized spacial score (nSPS) is 21.1. The summed E-state index contributed by atoms with van der Waals surface area (Å²) < 4.78 is 16.5. The van der Waals surface area contributed by atoms with Crippen LogP contribution in [0.1, 0.15) is 23.6 Å². The maximum atomic E-state index is 13.0. The minimum absolute atomic E-state index is 0.0688. The molecular weight excluding hydrogens is 522 g/mol. The molecule has 4 unspecified atom stereocenters. The third kappa shape index (κ3) is 7.13. The first-order chi connectivity index (χ1) is 18.7. The molecule has 0 spiro atoms. The fourth-order valence-corrected chi connectivity index (χ4v) is 4.79. The van der Waals surface area contributed by atoms with Crippen molar-refractivity contribution in [3.63, 3.8) is 0 Å². The molecule has 0 aliphatic carbocycles. The highest BCUT2D eigenvalue weighted by Crippen LogP contribution is 2.21. The van der Waals surface area contributed by atoms with Gasteiger partial charge in [0.05, 0.1) is 31.9 Å². The van der Waals surface area contributed by atoms with Gasteiger partial charge in [0.15, 0.2) is 11.4 Å². The van der Waals surface area contributed by atoms with Crippen molar-refractivity contribution in [3.8, 4) is 5.75 Å². The molecule has 210 valence electrons. The number of hydrogen-bond donors (Lipinski definition) is 5. The second-order valence-corrected chi connectivity index (χ2v) is 9.99.